The molecule has 0 saturated carbocycles. The van der Waals surface area contributed by atoms with Gasteiger partial charge in [-0.05, 0) is 31.9 Å². The molecule has 0 aromatic heterocycles. The number of rotatable bonds is 5. The van der Waals surface area contributed by atoms with Gasteiger partial charge in [-0.1, -0.05) is 0 Å². The SMILES string of the molecule is C[C@@H](NC(=O)C1CCN(c2ccc(C(F)(F)F)cc2[N+](=O)[O-])CC1)C(=O)O. The van der Waals surface area contributed by atoms with E-state index < -0.39 is 46.2 Å². The largest absolute Gasteiger partial charge is 0.480 e. The molecule has 1 aromatic rings. The number of aliphatic carboxylic acids is 1. The van der Waals surface area contributed by atoms with Crippen molar-refractivity contribution in [3.05, 3.63) is 33.9 Å². The van der Waals surface area contributed by atoms with Crippen LogP contribution in [-0.4, -0.2) is 41.0 Å². The minimum atomic E-state index is -4.69. The molecule has 11 heteroatoms. The highest BCUT2D eigenvalue weighted by Gasteiger charge is 2.35. The maximum Gasteiger partial charge on any atom is 0.416 e. The number of carboxylic acids is 1. The van der Waals surface area contributed by atoms with Gasteiger partial charge in [0.25, 0.3) is 5.69 Å². The van der Waals surface area contributed by atoms with E-state index in [0.717, 1.165) is 12.1 Å². The van der Waals surface area contributed by atoms with Crippen molar-refractivity contribution in [3.8, 4) is 0 Å². The second kappa shape index (κ2) is 7.80. The Kier molecular flexibility index (Phi) is 5.91. The summed E-state index contributed by atoms with van der Waals surface area (Å²) in [6, 6.07) is 1.32. The van der Waals surface area contributed by atoms with E-state index >= 15 is 0 Å². The van der Waals surface area contributed by atoms with Crippen molar-refractivity contribution < 1.29 is 32.8 Å². The fourth-order valence-electron chi connectivity index (χ4n) is 2.89. The summed E-state index contributed by atoms with van der Waals surface area (Å²) >= 11 is 0. The van der Waals surface area contributed by atoms with Crippen LogP contribution in [0.25, 0.3) is 0 Å². The van der Waals surface area contributed by atoms with Crippen LogP contribution < -0.4 is 10.2 Å². The first-order valence-corrected chi connectivity index (χ1v) is 8.14. The summed E-state index contributed by atoms with van der Waals surface area (Å²) in [5, 5.41) is 22.4. The van der Waals surface area contributed by atoms with Crippen LogP contribution in [0, 0.1) is 16.0 Å². The van der Waals surface area contributed by atoms with Crippen molar-refractivity contribution in [2.75, 3.05) is 18.0 Å². The first-order valence-electron chi connectivity index (χ1n) is 8.14. The molecule has 0 unspecified atom stereocenters. The first kappa shape index (κ1) is 20.5. The number of nitro groups is 1. The zero-order valence-corrected chi connectivity index (χ0v) is 14.3. The van der Waals surface area contributed by atoms with Gasteiger partial charge in [0.15, 0.2) is 0 Å². The molecule has 1 saturated heterocycles. The number of halogens is 3. The van der Waals surface area contributed by atoms with Gasteiger partial charge < -0.3 is 15.3 Å². The lowest BCUT2D eigenvalue weighted by molar-refractivity contribution is -0.384. The number of piperidine rings is 1. The normalized spacial score (nSPS) is 16.7. The Bertz CT molecular complexity index is 745. The van der Waals surface area contributed by atoms with Crippen LogP contribution in [0.1, 0.15) is 25.3 Å². The van der Waals surface area contributed by atoms with E-state index in [-0.39, 0.29) is 18.8 Å². The van der Waals surface area contributed by atoms with Gasteiger partial charge in [0.05, 0.1) is 10.5 Å². The maximum atomic E-state index is 12.8. The first-order chi connectivity index (χ1) is 12.5. The van der Waals surface area contributed by atoms with Crippen LogP contribution in [0.5, 0.6) is 0 Å². The number of carboxylic acid groups (broad SMARTS) is 1. The number of carbonyl (C=O) groups excluding carboxylic acids is 1. The second-order valence-corrected chi connectivity index (χ2v) is 6.29. The molecule has 1 atom stereocenters. The third kappa shape index (κ3) is 4.86. The van der Waals surface area contributed by atoms with Gasteiger partial charge in [-0.15, -0.1) is 0 Å². The number of alkyl halides is 3. The number of hydrogen-bond donors (Lipinski definition) is 2. The Balaban J connectivity index is 2.10. The third-order valence-electron chi connectivity index (χ3n) is 4.44. The average Bonchev–Trinajstić information content (AvgIpc) is 2.60. The topological polar surface area (TPSA) is 113 Å². The number of anilines is 1. The maximum absolute atomic E-state index is 12.8. The molecular formula is C16H18F3N3O5. The van der Waals surface area contributed by atoms with E-state index in [4.69, 9.17) is 5.11 Å². The van der Waals surface area contributed by atoms with E-state index in [0.29, 0.717) is 18.9 Å². The predicted molar refractivity (Wildman–Crippen MR) is 88.3 cm³/mol. The van der Waals surface area contributed by atoms with Gasteiger partial charge in [-0.2, -0.15) is 13.2 Å². The zero-order valence-electron chi connectivity index (χ0n) is 14.3. The predicted octanol–water partition coefficient (Wildman–Crippen LogP) is 2.42. The molecule has 0 spiro atoms. The highest BCUT2D eigenvalue weighted by molar-refractivity contribution is 5.85. The van der Waals surface area contributed by atoms with E-state index in [1.54, 1.807) is 4.90 Å². The number of nitro benzene ring substituents is 1. The summed E-state index contributed by atoms with van der Waals surface area (Å²) < 4.78 is 38.4. The van der Waals surface area contributed by atoms with Crippen molar-refractivity contribution in [2.24, 2.45) is 5.92 Å². The number of nitrogens with one attached hydrogen (secondary N) is 1. The fourth-order valence-corrected chi connectivity index (χ4v) is 2.89. The van der Waals surface area contributed by atoms with Crippen LogP contribution in [0.3, 0.4) is 0 Å². The van der Waals surface area contributed by atoms with Crippen molar-refractivity contribution in [1.29, 1.82) is 0 Å². The summed E-state index contributed by atoms with van der Waals surface area (Å²) in [6.45, 7) is 1.79. The van der Waals surface area contributed by atoms with Crippen LogP contribution >= 0.6 is 0 Å². The minimum Gasteiger partial charge on any atom is -0.480 e. The Hall–Kier alpha value is -2.85. The van der Waals surface area contributed by atoms with Gasteiger partial charge in [0, 0.05) is 25.1 Å². The van der Waals surface area contributed by atoms with Crippen molar-refractivity contribution in [3.63, 3.8) is 0 Å². The van der Waals surface area contributed by atoms with Gasteiger partial charge in [0.2, 0.25) is 5.91 Å². The molecule has 1 amide bonds. The van der Waals surface area contributed by atoms with Crippen molar-refractivity contribution >= 4 is 23.3 Å². The number of benzene rings is 1. The molecule has 0 aliphatic carbocycles. The number of nitrogens with zero attached hydrogens (tertiary/aromatic N) is 2. The summed E-state index contributed by atoms with van der Waals surface area (Å²) in [7, 11) is 0. The zero-order chi connectivity index (χ0) is 20.4. The van der Waals surface area contributed by atoms with Crippen molar-refractivity contribution in [1.82, 2.24) is 5.32 Å². The lowest BCUT2D eigenvalue weighted by atomic mass is 9.95. The lowest BCUT2D eigenvalue weighted by Gasteiger charge is -2.33. The Morgan fingerprint density at radius 1 is 1.33 bits per heavy atom. The summed E-state index contributed by atoms with van der Waals surface area (Å²) in [5.74, 6) is -2.05. The molecule has 1 fully saturated rings. The lowest BCUT2D eigenvalue weighted by Crippen LogP contribution is -2.45. The van der Waals surface area contributed by atoms with Gasteiger partial charge in [-0.3, -0.25) is 19.7 Å². The van der Waals surface area contributed by atoms with E-state index in [9.17, 15) is 32.9 Å². The van der Waals surface area contributed by atoms with Gasteiger partial charge >= 0.3 is 12.1 Å². The smallest absolute Gasteiger partial charge is 0.416 e. The molecular weight excluding hydrogens is 371 g/mol. The van der Waals surface area contributed by atoms with Crippen LogP contribution in [0.15, 0.2) is 18.2 Å². The van der Waals surface area contributed by atoms with Gasteiger partial charge in [-0.25, -0.2) is 0 Å². The minimum absolute atomic E-state index is 0.0609. The molecule has 1 aromatic carbocycles. The van der Waals surface area contributed by atoms with Crippen LogP contribution in [0.4, 0.5) is 24.5 Å². The molecule has 148 valence electrons. The second-order valence-electron chi connectivity index (χ2n) is 6.29. The number of carbonyl (C=O) groups is 2. The molecule has 8 nitrogen and oxygen atoms in total. The number of amides is 1. The molecule has 2 rings (SSSR count). The van der Waals surface area contributed by atoms with Crippen LogP contribution in [0.2, 0.25) is 0 Å². The monoisotopic (exact) mass is 389 g/mol. The van der Waals surface area contributed by atoms with Crippen LogP contribution in [-0.2, 0) is 15.8 Å². The summed E-state index contributed by atoms with van der Waals surface area (Å²) in [4.78, 5) is 34.7. The molecule has 0 bridgehead atoms. The molecule has 1 aliphatic heterocycles. The molecule has 0 radical (unpaired) electrons. The van der Waals surface area contributed by atoms with Crippen molar-refractivity contribution in [2.45, 2.75) is 32.0 Å². The Labute approximate surface area is 152 Å². The molecule has 27 heavy (non-hydrogen) atoms. The van der Waals surface area contributed by atoms with Gasteiger partial charge in [0.1, 0.15) is 11.7 Å². The standard InChI is InChI=1S/C16H18F3N3O5/c1-9(15(24)25)20-14(23)10-4-6-21(7-5-10)12-3-2-11(16(17,18)19)8-13(12)22(26)27/h2-3,8-10H,4-7H2,1H3,(H,20,23)(H,24,25)/t9-/m1/s1. The van der Waals surface area contributed by atoms with E-state index in [2.05, 4.69) is 5.32 Å². The summed E-state index contributed by atoms with van der Waals surface area (Å²) in [5.41, 5.74) is -1.69. The van der Waals surface area contributed by atoms with E-state index in [1.807, 2.05) is 0 Å². The van der Waals surface area contributed by atoms with E-state index in [1.165, 1.54) is 6.92 Å². The summed E-state index contributed by atoms with van der Waals surface area (Å²) in [6.07, 6.45) is -4.08. The average molecular weight is 389 g/mol. The highest BCUT2D eigenvalue weighted by Crippen LogP contribution is 2.37. The third-order valence-corrected chi connectivity index (χ3v) is 4.44. The Morgan fingerprint density at radius 2 is 1.93 bits per heavy atom. The molecule has 1 heterocycles. The Morgan fingerprint density at radius 3 is 2.41 bits per heavy atom. The quantitative estimate of drug-likeness (QED) is 0.591. The number of hydrogen-bond acceptors (Lipinski definition) is 5. The molecule has 1 aliphatic rings. The highest BCUT2D eigenvalue weighted by atomic mass is 19.4. The fraction of sp³-hybridized carbons (Fsp3) is 0.500. The molecule has 2 N–H and O–H groups in total.